The van der Waals surface area contributed by atoms with E-state index in [-0.39, 0.29) is 0 Å². The van der Waals surface area contributed by atoms with Crippen molar-refractivity contribution in [3.63, 3.8) is 0 Å². The lowest BCUT2D eigenvalue weighted by Gasteiger charge is -1.94. The Kier molecular flexibility index (Phi) is 3.09. The number of pyridine rings is 1. The molecule has 0 saturated carbocycles. The van der Waals surface area contributed by atoms with Gasteiger partial charge in [-0.2, -0.15) is 0 Å². The number of hydrogen-bond acceptors (Lipinski definition) is 3. The average Bonchev–Trinajstić information content (AvgIpc) is 2.21. The molecule has 0 radical (unpaired) electrons. The van der Waals surface area contributed by atoms with Gasteiger partial charge < -0.3 is 0 Å². The fourth-order valence-corrected chi connectivity index (χ4v) is 0.949. The van der Waals surface area contributed by atoms with Crippen LogP contribution in [0.4, 0.5) is 0 Å². The summed E-state index contributed by atoms with van der Waals surface area (Å²) in [4.78, 5) is 12.3. The van der Waals surface area contributed by atoms with Gasteiger partial charge in [0.1, 0.15) is 5.82 Å². The van der Waals surface area contributed by atoms with Crippen LogP contribution in [-0.2, 0) is 0 Å². The summed E-state index contributed by atoms with van der Waals surface area (Å²) in [6.45, 7) is 7.86. The quantitative estimate of drug-likeness (QED) is 0.573. The predicted molar refractivity (Wildman–Crippen MR) is 53.3 cm³/mol. The third-order valence-electron chi connectivity index (χ3n) is 1.48. The Balaban J connectivity index is 0.000000396. The van der Waals surface area contributed by atoms with Crippen LogP contribution in [0.15, 0.2) is 37.7 Å². The Labute approximate surface area is 77.2 Å². The van der Waals surface area contributed by atoms with Gasteiger partial charge in [0.25, 0.3) is 0 Å². The Bertz CT molecular complexity index is 398. The Morgan fingerprint density at radius 1 is 1.23 bits per heavy atom. The first-order chi connectivity index (χ1) is 6.36. The summed E-state index contributed by atoms with van der Waals surface area (Å²) in [5, 5.41) is 0.984. The number of hydrogen-bond donors (Lipinski definition) is 0. The van der Waals surface area contributed by atoms with E-state index in [2.05, 4.69) is 28.1 Å². The Morgan fingerprint density at radius 2 is 2.00 bits per heavy atom. The fourth-order valence-electron chi connectivity index (χ4n) is 0.949. The van der Waals surface area contributed by atoms with Gasteiger partial charge in [-0.15, -0.1) is 13.2 Å². The molecule has 0 fully saturated rings. The van der Waals surface area contributed by atoms with E-state index in [4.69, 9.17) is 0 Å². The molecular formula is C10H11N3. The van der Waals surface area contributed by atoms with Gasteiger partial charge in [0, 0.05) is 17.8 Å². The fraction of sp³-hybridized carbons (Fsp3) is 0.100. The highest BCUT2D eigenvalue weighted by molar-refractivity contribution is 5.72. The van der Waals surface area contributed by atoms with Gasteiger partial charge in [0.15, 0.2) is 5.65 Å². The SMILES string of the molecule is C=C.Cc1ncc2cccnc2n1. The summed E-state index contributed by atoms with van der Waals surface area (Å²) < 4.78 is 0. The van der Waals surface area contributed by atoms with Gasteiger partial charge >= 0.3 is 0 Å². The molecule has 0 aliphatic rings. The molecule has 66 valence electrons. The highest BCUT2D eigenvalue weighted by atomic mass is 14.9. The monoisotopic (exact) mass is 173 g/mol. The number of fused-ring (bicyclic) bond motifs is 1. The van der Waals surface area contributed by atoms with Crippen molar-refractivity contribution in [1.82, 2.24) is 15.0 Å². The maximum Gasteiger partial charge on any atom is 0.162 e. The van der Waals surface area contributed by atoms with Crippen LogP contribution in [0.25, 0.3) is 11.0 Å². The van der Waals surface area contributed by atoms with E-state index in [1.54, 1.807) is 12.4 Å². The minimum Gasteiger partial charge on any atom is -0.241 e. The summed E-state index contributed by atoms with van der Waals surface area (Å²) in [7, 11) is 0. The molecule has 0 atom stereocenters. The van der Waals surface area contributed by atoms with E-state index < -0.39 is 0 Å². The zero-order chi connectivity index (χ0) is 9.68. The lowest BCUT2D eigenvalue weighted by molar-refractivity contribution is 1.07. The molecule has 0 amide bonds. The first-order valence-electron chi connectivity index (χ1n) is 3.90. The smallest absolute Gasteiger partial charge is 0.162 e. The second-order valence-electron chi connectivity index (χ2n) is 2.33. The van der Waals surface area contributed by atoms with E-state index in [0.717, 1.165) is 16.9 Å². The van der Waals surface area contributed by atoms with Crippen LogP contribution >= 0.6 is 0 Å². The molecule has 0 aliphatic heterocycles. The highest BCUT2D eigenvalue weighted by Gasteiger charge is 1.93. The van der Waals surface area contributed by atoms with Gasteiger partial charge in [-0.05, 0) is 19.1 Å². The van der Waals surface area contributed by atoms with Crippen molar-refractivity contribution in [3.05, 3.63) is 43.5 Å². The number of aromatic nitrogens is 3. The van der Waals surface area contributed by atoms with Crippen molar-refractivity contribution in [2.45, 2.75) is 6.92 Å². The molecule has 0 spiro atoms. The van der Waals surface area contributed by atoms with Crippen LogP contribution in [-0.4, -0.2) is 15.0 Å². The molecule has 0 bridgehead atoms. The zero-order valence-electron chi connectivity index (χ0n) is 7.57. The third-order valence-corrected chi connectivity index (χ3v) is 1.48. The summed E-state index contributed by atoms with van der Waals surface area (Å²) in [6, 6.07) is 3.82. The topological polar surface area (TPSA) is 38.7 Å². The summed E-state index contributed by atoms with van der Waals surface area (Å²) in [6.07, 6.45) is 3.51. The van der Waals surface area contributed by atoms with Crippen molar-refractivity contribution < 1.29 is 0 Å². The van der Waals surface area contributed by atoms with Gasteiger partial charge in [-0.3, -0.25) is 0 Å². The van der Waals surface area contributed by atoms with Gasteiger partial charge in [0.05, 0.1) is 0 Å². The Hall–Kier alpha value is -1.77. The molecule has 0 saturated heterocycles. The van der Waals surface area contributed by atoms with Gasteiger partial charge in [-0.1, -0.05) is 0 Å². The lowest BCUT2D eigenvalue weighted by atomic mass is 10.3. The molecule has 0 N–H and O–H groups in total. The largest absolute Gasteiger partial charge is 0.241 e. The molecule has 0 aliphatic carbocycles. The number of nitrogens with zero attached hydrogens (tertiary/aromatic N) is 3. The van der Waals surface area contributed by atoms with E-state index in [9.17, 15) is 0 Å². The van der Waals surface area contributed by atoms with E-state index in [1.807, 2.05) is 19.1 Å². The van der Waals surface area contributed by atoms with Crippen molar-refractivity contribution in [2.24, 2.45) is 0 Å². The molecule has 2 aromatic rings. The summed E-state index contributed by atoms with van der Waals surface area (Å²) in [5.74, 6) is 0.760. The molecule has 0 aromatic carbocycles. The second-order valence-corrected chi connectivity index (χ2v) is 2.33. The third kappa shape index (κ3) is 2.08. The molecular weight excluding hydrogens is 162 g/mol. The molecule has 2 heterocycles. The minimum absolute atomic E-state index is 0.760. The Morgan fingerprint density at radius 3 is 2.77 bits per heavy atom. The van der Waals surface area contributed by atoms with Crippen LogP contribution in [0.1, 0.15) is 5.82 Å². The van der Waals surface area contributed by atoms with Gasteiger partial charge in [0.2, 0.25) is 0 Å². The number of aryl methyl sites for hydroxylation is 1. The van der Waals surface area contributed by atoms with Crippen molar-refractivity contribution in [2.75, 3.05) is 0 Å². The van der Waals surface area contributed by atoms with Crippen LogP contribution in [0, 0.1) is 6.92 Å². The van der Waals surface area contributed by atoms with Crippen molar-refractivity contribution in [1.29, 1.82) is 0 Å². The summed E-state index contributed by atoms with van der Waals surface area (Å²) >= 11 is 0. The molecule has 3 nitrogen and oxygen atoms in total. The van der Waals surface area contributed by atoms with Crippen molar-refractivity contribution in [3.8, 4) is 0 Å². The van der Waals surface area contributed by atoms with Crippen LogP contribution in [0.2, 0.25) is 0 Å². The van der Waals surface area contributed by atoms with Crippen LogP contribution < -0.4 is 0 Å². The zero-order valence-corrected chi connectivity index (χ0v) is 7.57. The first kappa shape index (κ1) is 9.32. The number of rotatable bonds is 0. The molecule has 0 unspecified atom stereocenters. The van der Waals surface area contributed by atoms with E-state index in [0.29, 0.717) is 0 Å². The van der Waals surface area contributed by atoms with E-state index in [1.165, 1.54) is 0 Å². The second kappa shape index (κ2) is 4.30. The normalized spacial score (nSPS) is 9.00. The van der Waals surface area contributed by atoms with Crippen molar-refractivity contribution >= 4 is 11.0 Å². The van der Waals surface area contributed by atoms with Gasteiger partial charge in [-0.25, -0.2) is 15.0 Å². The molecule has 2 rings (SSSR count). The lowest BCUT2D eigenvalue weighted by Crippen LogP contribution is -1.88. The van der Waals surface area contributed by atoms with E-state index >= 15 is 0 Å². The molecule has 2 aromatic heterocycles. The average molecular weight is 173 g/mol. The highest BCUT2D eigenvalue weighted by Crippen LogP contribution is 2.04. The predicted octanol–water partition coefficient (Wildman–Crippen LogP) is 2.14. The summed E-state index contributed by atoms with van der Waals surface area (Å²) in [5.41, 5.74) is 0.764. The molecule has 13 heavy (non-hydrogen) atoms. The maximum absolute atomic E-state index is 4.15. The van der Waals surface area contributed by atoms with Crippen LogP contribution in [0.5, 0.6) is 0 Å². The first-order valence-corrected chi connectivity index (χ1v) is 3.90. The molecule has 3 heteroatoms. The maximum atomic E-state index is 4.15. The standard InChI is InChI=1S/C8H7N3.C2H4/c1-6-10-5-7-3-2-4-9-8(7)11-6;1-2/h2-5H,1H3;1-2H2. The van der Waals surface area contributed by atoms with Crippen LogP contribution in [0.3, 0.4) is 0 Å². The minimum atomic E-state index is 0.760.